The largest absolute Gasteiger partial charge is 0.506 e. The summed E-state index contributed by atoms with van der Waals surface area (Å²) >= 11 is 1.02. The maximum atomic E-state index is 12.3. The van der Waals surface area contributed by atoms with Gasteiger partial charge in [0.1, 0.15) is 5.75 Å². The third kappa shape index (κ3) is 5.09. The first-order valence-electron chi connectivity index (χ1n) is 8.13. The lowest BCUT2D eigenvalue weighted by molar-refractivity contribution is -0.115. The lowest BCUT2D eigenvalue weighted by atomic mass is 10.2. The molecule has 3 rings (SSSR count). The van der Waals surface area contributed by atoms with E-state index in [1.54, 1.807) is 18.2 Å². The van der Waals surface area contributed by atoms with Gasteiger partial charge in [0.2, 0.25) is 5.91 Å². The highest BCUT2D eigenvalue weighted by molar-refractivity contribution is 7.93. The van der Waals surface area contributed by atoms with Gasteiger partial charge < -0.3 is 15.5 Å². The minimum absolute atomic E-state index is 0.0462. The maximum Gasteiger partial charge on any atom is 0.335 e. The van der Waals surface area contributed by atoms with Crippen LogP contribution in [0.4, 0.5) is 10.8 Å². The summed E-state index contributed by atoms with van der Waals surface area (Å²) in [4.78, 5) is 27.4. The number of thiazole rings is 1. The van der Waals surface area contributed by atoms with Gasteiger partial charge in [0.15, 0.2) is 5.13 Å². The lowest BCUT2D eigenvalue weighted by Crippen LogP contribution is -2.16. The Morgan fingerprint density at radius 2 is 1.83 bits per heavy atom. The van der Waals surface area contributed by atoms with Crippen molar-refractivity contribution >= 4 is 44.1 Å². The molecule has 1 amide bonds. The van der Waals surface area contributed by atoms with Crippen LogP contribution >= 0.6 is 11.3 Å². The highest BCUT2D eigenvalue weighted by Crippen LogP contribution is 2.25. The molecule has 4 N–H and O–H groups in total. The number of phenols is 1. The van der Waals surface area contributed by atoms with Gasteiger partial charge in [-0.3, -0.25) is 9.52 Å². The Labute approximate surface area is 169 Å². The molecule has 29 heavy (non-hydrogen) atoms. The second-order valence-electron chi connectivity index (χ2n) is 5.82. The molecule has 0 aliphatic carbocycles. The van der Waals surface area contributed by atoms with Crippen molar-refractivity contribution in [2.45, 2.75) is 11.3 Å². The van der Waals surface area contributed by atoms with Crippen LogP contribution in [0.15, 0.2) is 58.8 Å². The minimum Gasteiger partial charge on any atom is -0.506 e. The van der Waals surface area contributed by atoms with Gasteiger partial charge in [0.05, 0.1) is 28.3 Å². The molecule has 0 radical (unpaired) electrons. The molecule has 0 spiro atoms. The summed E-state index contributed by atoms with van der Waals surface area (Å²) in [5, 5.41) is 22.8. The number of carbonyl (C=O) groups is 2. The normalized spacial score (nSPS) is 11.0. The molecule has 0 unspecified atom stereocenters. The Hall–Kier alpha value is -3.44. The molecule has 150 valence electrons. The Morgan fingerprint density at radius 1 is 1.10 bits per heavy atom. The Bertz CT molecular complexity index is 1160. The number of hydrogen-bond donors (Lipinski definition) is 4. The van der Waals surface area contributed by atoms with Gasteiger partial charge in [-0.25, -0.2) is 18.2 Å². The number of carboxylic acid groups (broad SMARTS) is 1. The van der Waals surface area contributed by atoms with E-state index < -0.39 is 21.9 Å². The van der Waals surface area contributed by atoms with Gasteiger partial charge >= 0.3 is 5.97 Å². The van der Waals surface area contributed by atoms with Crippen molar-refractivity contribution in [3.8, 4) is 5.75 Å². The molecular formula is C18H15N3O6S2. The number of benzene rings is 2. The van der Waals surface area contributed by atoms with Crippen molar-refractivity contribution in [1.29, 1.82) is 0 Å². The van der Waals surface area contributed by atoms with Gasteiger partial charge in [-0.1, -0.05) is 18.2 Å². The average molecular weight is 433 g/mol. The molecule has 1 aromatic heterocycles. The van der Waals surface area contributed by atoms with Gasteiger partial charge in [-0.15, -0.1) is 11.3 Å². The van der Waals surface area contributed by atoms with Crippen LogP contribution in [0, 0.1) is 0 Å². The summed E-state index contributed by atoms with van der Waals surface area (Å²) in [6.45, 7) is 0. The fourth-order valence-corrected chi connectivity index (χ4v) is 4.32. The molecule has 0 saturated carbocycles. The lowest BCUT2D eigenvalue weighted by Gasteiger charge is -2.07. The van der Waals surface area contributed by atoms with E-state index in [0.717, 1.165) is 17.4 Å². The Morgan fingerprint density at radius 3 is 2.52 bits per heavy atom. The SMILES string of the molecule is O=C(Cc1csc(NS(=O)(=O)c2ccccc2)n1)Nc1cc(C(=O)O)ccc1O. The van der Waals surface area contributed by atoms with E-state index in [4.69, 9.17) is 5.11 Å². The van der Waals surface area contributed by atoms with E-state index in [1.807, 2.05) is 0 Å². The molecule has 0 saturated heterocycles. The van der Waals surface area contributed by atoms with Gasteiger partial charge in [0.25, 0.3) is 10.0 Å². The molecule has 2 aromatic carbocycles. The van der Waals surface area contributed by atoms with E-state index in [2.05, 4.69) is 15.0 Å². The molecule has 0 bridgehead atoms. The van der Waals surface area contributed by atoms with Crippen LogP contribution < -0.4 is 10.0 Å². The van der Waals surface area contributed by atoms with E-state index in [0.29, 0.717) is 5.69 Å². The number of aromatic hydroxyl groups is 1. The first-order chi connectivity index (χ1) is 13.7. The van der Waals surface area contributed by atoms with Crippen molar-refractivity contribution in [2.24, 2.45) is 0 Å². The van der Waals surface area contributed by atoms with E-state index in [9.17, 15) is 23.1 Å². The van der Waals surface area contributed by atoms with Crippen LogP contribution in [0.2, 0.25) is 0 Å². The minimum atomic E-state index is -3.79. The number of aromatic nitrogens is 1. The summed E-state index contributed by atoms with van der Waals surface area (Å²) in [5.41, 5.74) is 0.173. The zero-order valence-corrected chi connectivity index (χ0v) is 16.3. The van der Waals surface area contributed by atoms with E-state index in [1.165, 1.54) is 29.6 Å². The number of sulfonamides is 1. The number of carbonyl (C=O) groups excluding carboxylic acids is 1. The number of carboxylic acids is 1. The predicted octanol–water partition coefficient (Wildman–Crippen LogP) is 2.53. The van der Waals surface area contributed by atoms with Crippen molar-refractivity contribution < 1.29 is 28.2 Å². The monoisotopic (exact) mass is 433 g/mol. The van der Waals surface area contributed by atoms with Crippen LogP contribution in [0.5, 0.6) is 5.75 Å². The number of phenolic OH excluding ortho intramolecular Hbond substituents is 1. The summed E-state index contributed by atoms with van der Waals surface area (Å²) in [6.07, 6.45) is -0.194. The van der Waals surface area contributed by atoms with Crippen LogP contribution in [-0.2, 0) is 21.2 Å². The summed E-state index contributed by atoms with van der Waals surface area (Å²) in [7, 11) is -3.79. The molecule has 0 aliphatic rings. The van der Waals surface area contributed by atoms with Gasteiger partial charge in [0, 0.05) is 5.38 Å². The number of anilines is 2. The molecule has 1 heterocycles. The molecule has 3 aromatic rings. The third-order valence-corrected chi connectivity index (χ3v) is 5.98. The molecule has 9 nitrogen and oxygen atoms in total. The Balaban J connectivity index is 1.67. The van der Waals surface area contributed by atoms with Gasteiger partial charge in [-0.05, 0) is 30.3 Å². The molecule has 0 atom stereocenters. The van der Waals surface area contributed by atoms with E-state index >= 15 is 0 Å². The zero-order chi connectivity index (χ0) is 21.0. The molecule has 0 fully saturated rings. The number of amides is 1. The number of nitrogens with one attached hydrogen (secondary N) is 2. The maximum absolute atomic E-state index is 12.3. The topological polar surface area (TPSA) is 146 Å². The third-order valence-electron chi connectivity index (χ3n) is 3.69. The number of hydrogen-bond acceptors (Lipinski definition) is 7. The van der Waals surface area contributed by atoms with Crippen molar-refractivity contribution in [1.82, 2.24) is 4.98 Å². The molecular weight excluding hydrogens is 418 g/mol. The van der Waals surface area contributed by atoms with Crippen molar-refractivity contribution in [3.63, 3.8) is 0 Å². The fourth-order valence-electron chi connectivity index (χ4n) is 2.34. The van der Waals surface area contributed by atoms with Crippen LogP contribution in [0.1, 0.15) is 16.1 Å². The molecule has 0 aliphatic heterocycles. The average Bonchev–Trinajstić information content (AvgIpc) is 3.10. The van der Waals surface area contributed by atoms with Crippen LogP contribution in [0.25, 0.3) is 0 Å². The predicted molar refractivity (Wildman–Crippen MR) is 107 cm³/mol. The summed E-state index contributed by atoms with van der Waals surface area (Å²) < 4.78 is 26.9. The quantitative estimate of drug-likeness (QED) is 0.419. The van der Waals surface area contributed by atoms with Crippen molar-refractivity contribution in [3.05, 3.63) is 65.2 Å². The highest BCUT2D eigenvalue weighted by Gasteiger charge is 2.17. The number of nitrogens with zero attached hydrogens (tertiary/aromatic N) is 1. The fraction of sp³-hybridized carbons (Fsp3) is 0.0556. The number of rotatable bonds is 7. The summed E-state index contributed by atoms with van der Waals surface area (Å²) in [6, 6.07) is 11.3. The summed E-state index contributed by atoms with van der Waals surface area (Å²) in [5.74, 6) is -2.03. The molecule has 11 heteroatoms. The van der Waals surface area contributed by atoms with Gasteiger partial charge in [-0.2, -0.15) is 0 Å². The van der Waals surface area contributed by atoms with Crippen LogP contribution in [-0.4, -0.2) is 35.5 Å². The van der Waals surface area contributed by atoms with E-state index in [-0.39, 0.29) is 33.4 Å². The first-order valence-corrected chi connectivity index (χ1v) is 10.5. The van der Waals surface area contributed by atoms with Crippen LogP contribution in [0.3, 0.4) is 0 Å². The smallest absolute Gasteiger partial charge is 0.335 e. The first kappa shape index (κ1) is 20.3. The standard InChI is InChI=1S/C18H15N3O6S2/c22-15-7-6-11(17(24)25)8-14(15)20-16(23)9-12-10-28-18(19-12)21-29(26,27)13-4-2-1-3-5-13/h1-8,10,22H,9H2,(H,19,21)(H,20,23)(H,24,25). The second-order valence-corrected chi connectivity index (χ2v) is 8.37. The Kier molecular flexibility index (Phi) is 5.80. The zero-order valence-electron chi connectivity index (χ0n) is 14.7. The second kappa shape index (κ2) is 8.29. The number of aromatic carboxylic acids is 1. The van der Waals surface area contributed by atoms with Crippen molar-refractivity contribution in [2.75, 3.05) is 10.0 Å². The highest BCUT2D eigenvalue weighted by atomic mass is 32.2.